The van der Waals surface area contributed by atoms with E-state index in [2.05, 4.69) is 10.4 Å². The summed E-state index contributed by atoms with van der Waals surface area (Å²) >= 11 is 0. The molecule has 2 heterocycles. The molecule has 0 bridgehead atoms. The minimum Gasteiger partial charge on any atom is -0.455 e. The fraction of sp³-hybridized carbons (Fsp3) is 0.450. The number of aromatic nitrogens is 2. The van der Waals surface area contributed by atoms with Crippen LogP contribution in [0.4, 0.5) is 5.69 Å². The van der Waals surface area contributed by atoms with Crippen molar-refractivity contribution < 1.29 is 22.7 Å². The summed E-state index contributed by atoms with van der Waals surface area (Å²) in [5.74, 6) is -1.08. The largest absolute Gasteiger partial charge is 0.455 e. The van der Waals surface area contributed by atoms with Gasteiger partial charge in [0.05, 0.1) is 17.0 Å². The number of nitrogens with zero attached hydrogens (tertiary/aromatic N) is 3. The number of rotatable bonds is 7. The van der Waals surface area contributed by atoms with Gasteiger partial charge in [-0.25, -0.2) is 8.42 Å². The van der Waals surface area contributed by atoms with E-state index in [4.69, 9.17) is 4.74 Å². The molecular formula is C20H26N4O5S. The predicted octanol–water partition coefficient (Wildman–Crippen LogP) is 1.55. The van der Waals surface area contributed by atoms with E-state index in [9.17, 15) is 18.0 Å². The lowest BCUT2D eigenvalue weighted by Gasteiger charge is -2.16. The van der Waals surface area contributed by atoms with Crippen LogP contribution in [0, 0.1) is 13.8 Å². The third-order valence-corrected chi connectivity index (χ3v) is 7.06. The molecule has 1 fully saturated rings. The van der Waals surface area contributed by atoms with Gasteiger partial charge in [-0.15, -0.1) is 0 Å². The van der Waals surface area contributed by atoms with Crippen LogP contribution in [0.3, 0.4) is 0 Å². The fourth-order valence-electron chi connectivity index (χ4n) is 3.42. The Morgan fingerprint density at radius 2 is 1.90 bits per heavy atom. The summed E-state index contributed by atoms with van der Waals surface area (Å²) in [6.45, 7) is 4.22. The number of anilines is 1. The zero-order valence-electron chi connectivity index (χ0n) is 17.3. The standard InChI is InChI=1S/C20H26N4O5S/c1-14-18(15(2)23(3)22-14)12-20(26)29-13-19(25)21-16-7-6-8-17(11-16)30(27,28)24-9-4-5-10-24/h6-8,11H,4-5,9-10,12-13H2,1-3H3,(H,21,25). The molecule has 0 saturated carbocycles. The lowest BCUT2D eigenvalue weighted by atomic mass is 10.1. The molecule has 0 unspecified atom stereocenters. The number of aryl methyl sites for hydroxylation is 2. The minimum atomic E-state index is -3.57. The molecule has 1 aromatic heterocycles. The Bertz CT molecular complexity index is 1060. The number of nitrogens with one attached hydrogen (secondary N) is 1. The van der Waals surface area contributed by atoms with E-state index in [0.717, 1.165) is 29.8 Å². The lowest BCUT2D eigenvalue weighted by molar-refractivity contribution is -0.146. The predicted molar refractivity (Wildman–Crippen MR) is 110 cm³/mol. The van der Waals surface area contributed by atoms with Crippen molar-refractivity contribution in [2.45, 2.75) is 38.0 Å². The number of hydrogen-bond donors (Lipinski definition) is 1. The summed E-state index contributed by atoms with van der Waals surface area (Å²) < 4.78 is 33.5. The third kappa shape index (κ3) is 4.88. The second-order valence-electron chi connectivity index (χ2n) is 7.30. The average molecular weight is 435 g/mol. The molecule has 1 saturated heterocycles. The van der Waals surface area contributed by atoms with E-state index in [1.165, 1.54) is 16.4 Å². The second-order valence-corrected chi connectivity index (χ2v) is 9.24. The van der Waals surface area contributed by atoms with Gasteiger partial charge in [0.25, 0.3) is 5.91 Å². The van der Waals surface area contributed by atoms with Crippen LogP contribution >= 0.6 is 0 Å². The Hall–Kier alpha value is -2.72. The number of amides is 1. The summed E-state index contributed by atoms with van der Waals surface area (Å²) in [7, 11) is -1.78. The van der Waals surface area contributed by atoms with Crippen LogP contribution in [0.25, 0.3) is 0 Å². The Balaban J connectivity index is 1.57. The highest BCUT2D eigenvalue weighted by atomic mass is 32.2. The summed E-state index contributed by atoms with van der Waals surface area (Å²) in [5.41, 5.74) is 2.72. The number of ether oxygens (including phenoxy) is 1. The molecule has 0 spiro atoms. The van der Waals surface area contributed by atoms with Gasteiger partial charge < -0.3 is 10.1 Å². The van der Waals surface area contributed by atoms with Gasteiger partial charge in [0.1, 0.15) is 0 Å². The number of sulfonamides is 1. The van der Waals surface area contributed by atoms with Gasteiger partial charge in [-0.3, -0.25) is 14.3 Å². The van der Waals surface area contributed by atoms with Crippen molar-refractivity contribution in [1.29, 1.82) is 0 Å². The summed E-state index contributed by atoms with van der Waals surface area (Å²) in [6, 6.07) is 6.07. The number of hydrogen-bond acceptors (Lipinski definition) is 6. The molecule has 1 aromatic carbocycles. The number of carbonyl (C=O) groups excluding carboxylic acids is 2. The monoisotopic (exact) mass is 434 g/mol. The van der Waals surface area contributed by atoms with Crippen molar-refractivity contribution in [2.75, 3.05) is 25.0 Å². The van der Waals surface area contributed by atoms with Crippen molar-refractivity contribution in [3.8, 4) is 0 Å². The third-order valence-electron chi connectivity index (χ3n) is 5.16. The van der Waals surface area contributed by atoms with E-state index in [0.29, 0.717) is 18.8 Å². The molecule has 9 nitrogen and oxygen atoms in total. The first kappa shape index (κ1) is 22.0. The Morgan fingerprint density at radius 1 is 1.20 bits per heavy atom. The van der Waals surface area contributed by atoms with Crippen LogP contribution < -0.4 is 5.32 Å². The molecule has 1 N–H and O–H groups in total. The van der Waals surface area contributed by atoms with Crippen LogP contribution in [-0.4, -0.2) is 54.1 Å². The molecular weight excluding hydrogens is 408 g/mol. The SMILES string of the molecule is Cc1nn(C)c(C)c1CC(=O)OCC(=O)Nc1cccc(S(=O)(=O)N2CCCC2)c1. The normalized spacial score (nSPS) is 14.6. The topological polar surface area (TPSA) is 111 Å². The highest BCUT2D eigenvalue weighted by molar-refractivity contribution is 7.89. The van der Waals surface area contributed by atoms with Crippen molar-refractivity contribution in [3.05, 3.63) is 41.2 Å². The smallest absolute Gasteiger partial charge is 0.310 e. The van der Waals surface area contributed by atoms with Crippen molar-refractivity contribution in [1.82, 2.24) is 14.1 Å². The quantitative estimate of drug-likeness (QED) is 0.662. The average Bonchev–Trinajstić information content (AvgIpc) is 3.32. The Kier molecular flexibility index (Phi) is 6.57. The summed E-state index contributed by atoms with van der Waals surface area (Å²) in [4.78, 5) is 24.4. The first-order chi connectivity index (χ1) is 14.2. The van der Waals surface area contributed by atoms with Gasteiger partial charge in [0.15, 0.2) is 6.61 Å². The van der Waals surface area contributed by atoms with E-state index in [1.54, 1.807) is 23.9 Å². The van der Waals surface area contributed by atoms with E-state index in [1.807, 2.05) is 13.8 Å². The second kappa shape index (κ2) is 8.97. The Morgan fingerprint density at radius 3 is 2.53 bits per heavy atom. The van der Waals surface area contributed by atoms with E-state index in [-0.39, 0.29) is 11.3 Å². The van der Waals surface area contributed by atoms with Gasteiger partial charge in [-0.05, 0) is 44.9 Å². The zero-order chi connectivity index (χ0) is 21.9. The van der Waals surface area contributed by atoms with Crippen LogP contribution in [0.1, 0.15) is 29.8 Å². The first-order valence-electron chi connectivity index (χ1n) is 9.73. The molecule has 1 aliphatic rings. The molecule has 10 heteroatoms. The molecule has 0 atom stereocenters. The lowest BCUT2D eigenvalue weighted by Crippen LogP contribution is -2.28. The van der Waals surface area contributed by atoms with Gasteiger partial charge in [-0.2, -0.15) is 9.40 Å². The van der Waals surface area contributed by atoms with E-state index >= 15 is 0 Å². The number of esters is 1. The molecule has 30 heavy (non-hydrogen) atoms. The maximum Gasteiger partial charge on any atom is 0.310 e. The minimum absolute atomic E-state index is 0.0301. The van der Waals surface area contributed by atoms with Gasteiger partial charge in [-0.1, -0.05) is 6.07 Å². The molecule has 1 amide bonds. The maximum absolute atomic E-state index is 12.7. The van der Waals surface area contributed by atoms with Crippen molar-refractivity contribution in [3.63, 3.8) is 0 Å². The maximum atomic E-state index is 12.7. The number of carbonyl (C=O) groups is 2. The zero-order valence-corrected chi connectivity index (χ0v) is 18.2. The highest BCUT2D eigenvalue weighted by Crippen LogP contribution is 2.23. The molecule has 0 radical (unpaired) electrons. The highest BCUT2D eigenvalue weighted by Gasteiger charge is 2.27. The summed E-state index contributed by atoms with van der Waals surface area (Å²) in [6.07, 6.45) is 1.72. The van der Waals surface area contributed by atoms with Crippen molar-refractivity contribution in [2.24, 2.45) is 7.05 Å². The molecule has 2 aromatic rings. The Labute approximate surface area is 176 Å². The van der Waals surface area contributed by atoms with Gasteiger partial charge in [0.2, 0.25) is 10.0 Å². The van der Waals surface area contributed by atoms with Crippen LogP contribution in [0.5, 0.6) is 0 Å². The molecule has 1 aliphatic heterocycles. The van der Waals surface area contributed by atoms with Crippen LogP contribution in [0.15, 0.2) is 29.2 Å². The van der Waals surface area contributed by atoms with Crippen LogP contribution in [0.2, 0.25) is 0 Å². The number of benzene rings is 1. The van der Waals surface area contributed by atoms with E-state index < -0.39 is 28.5 Å². The first-order valence-corrected chi connectivity index (χ1v) is 11.2. The summed E-state index contributed by atoms with van der Waals surface area (Å²) in [5, 5.41) is 6.82. The van der Waals surface area contributed by atoms with Crippen LogP contribution in [-0.2, 0) is 37.8 Å². The fourth-order valence-corrected chi connectivity index (χ4v) is 4.99. The molecule has 0 aliphatic carbocycles. The van der Waals surface area contributed by atoms with Crippen molar-refractivity contribution >= 4 is 27.6 Å². The molecule has 3 rings (SSSR count). The molecule has 162 valence electrons. The van der Waals surface area contributed by atoms with Gasteiger partial charge >= 0.3 is 5.97 Å². The van der Waals surface area contributed by atoms with Gasteiger partial charge in [0, 0.05) is 37.1 Å².